The number of carbonyl (C=O) groups is 3. The van der Waals surface area contributed by atoms with Gasteiger partial charge in [-0.1, -0.05) is 6.07 Å². The van der Waals surface area contributed by atoms with E-state index in [1.54, 1.807) is 6.07 Å². The number of benzene rings is 1. The molecular weight excluding hydrogens is 288 g/mol. The number of nitrogens with two attached hydrogens (primary N) is 1. The van der Waals surface area contributed by atoms with Crippen LogP contribution < -0.4 is 15.8 Å². The molecule has 0 radical (unpaired) electrons. The SMILES string of the molecule is C[C@H](OC(=O)COc1ccc2c(c1)CCC2)C(=O)NC(N)=O. The van der Waals surface area contributed by atoms with E-state index in [9.17, 15) is 14.4 Å². The van der Waals surface area contributed by atoms with Crippen LogP contribution in [-0.2, 0) is 27.2 Å². The lowest BCUT2D eigenvalue weighted by Crippen LogP contribution is -2.42. The van der Waals surface area contributed by atoms with Crippen molar-refractivity contribution in [1.29, 1.82) is 0 Å². The summed E-state index contributed by atoms with van der Waals surface area (Å²) in [7, 11) is 0. The monoisotopic (exact) mass is 306 g/mol. The number of urea groups is 1. The molecule has 1 aromatic carbocycles. The Morgan fingerprint density at radius 2 is 2.00 bits per heavy atom. The summed E-state index contributed by atoms with van der Waals surface area (Å²) in [6, 6.07) is 4.72. The Labute approximate surface area is 127 Å². The van der Waals surface area contributed by atoms with Crippen molar-refractivity contribution in [1.82, 2.24) is 5.32 Å². The highest BCUT2D eigenvalue weighted by molar-refractivity contribution is 5.96. The number of amides is 3. The molecule has 3 N–H and O–H groups in total. The zero-order valence-electron chi connectivity index (χ0n) is 12.3. The summed E-state index contributed by atoms with van der Waals surface area (Å²) in [5.41, 5.74) is 7.35. The maximum Gasteiger partial charge on any atom is 0.344 e. The Bertz CT molecular complexity index is 600. The first-order valence-corrected chi connectivity index (χ1v) is 7.00. The van der Waals surface area contributed by atoms with Crippen LogP contribution in [0.1, 0.15) is 24.5 Å². The zero-order valence-corrected chi connectivity index (χ0v) is 12.3. The van der Waals surface area contributed by atoms with E-state index < -0.39 is 24.0 Å². The minimum atomic E-state index is -1.12. The fourth-order valence-corrected chi connectivity index (χ4v) is 2.29. The van der Waals surface area contributed by atoms with Crippen molar-refractivity contribution < 1.29 is 23.9 Å². The molecule has 0 aromatic heterocycles. The lowest BCUT2D eigenvalue weighted by Gasteiger charge is -2.12. The second kappa shape index (κ2) is 6.93. The van der Waals surface area contributed by atoms with Crippen LogP contribution in [-0.4, -0.2) is 30.6 Å². The summed E-state index contributed by atoms with van der Waals surface area (Å²) in [4.78, 5) is 33.5. The Kier molecular flexibility index (Phi) is 4.98. The predicted octanol–water partition coefficient (Wildman–Crippen LogP) is 0.681. The first-order chi connectivity index (χ1) is 10.5. The largest absolute Gasteiger partial charge is 0.482 e. The van der Waals surface area contributed by atoms with Crippen molar-refractivity contribution in [3.63, 3.8) is 0 Å². The quantitative estimate of drug-likeness (QED) is 0.778. The maximum atomic E-state index is 11.6. The van der Waals surface area contributed by atoms with Gasteiger partial charge in [0.15, 0.2) is 12.7 Å². The molecule has 1 aliphatic rings. The topological polar surface area (TPSA) is 108 Å². The Hall–Kier alpha value is -2.57. The number of ether oxygens (including phenoxy) is 2. The van der Waals surface area contributed by atoms with Crippen molar-refractivity contribution in [2.75, 3.05) is 6.61 Å². The molecule has 0 spiro atoms. The third-order valence-corrected chi connectivity index (χ3v) is 3.35. The highest BCUT2D eigenvalue weighted by Gasteiger charge is 2.19. The molecule has 1 atom stereocenters. The molecule has 0 fully saturated rings. The van der Waals surface area contributed by atoms with Crippen LogP contribution in [0.2, 0.25) is 0 Å². The van der Waals surface area contributed by atoms with E-state index in [0.29, 0.717) is 5.75 Å². The van der Waals surface area contributed by atoms with Crippen LogP contribution in [0.25, 0.3) is 0 Å². The summed E-state index contributed by atoms with van der Waals surface area (Å²) in [5.74, 6) is -0.891. The molecule has 1 aromatic rings. The van der Waals surface area contributed by atoms with Gasteiger partial charge in [0.25, 0.3) is 5.91 Å². The molecule has 22 heavy (non-hydrogen) atoms. The molecule has 0 saturated carbocycles. The van der Waals surface area contributed by atoms with Crippen LogP contribution in [0.4, 0.5) is 4.79 Å². The number of hydrogen-bond acceptors (Lipinski definition) is 5. The van der Waals surface area contributed by atoms with E-state index in [1.807, 2.05) is 17.4 Å². The summed E-state index contributed by atoms with van der Waals surface area (Å²) in [6.07, 6.45) is 2.10. The summed E-state index contributed by atoms with van der Waals surface area (Å²) >= 11 is 0. The fraction of sp³-hybridized carbons (Fsp3) is 0.400. The Morgan fingerprint density at radius 3 is 2.73 bits per heavy atom. The molecule has 0 saturated heterocycles. The predicted molar refractivity (Wildman–Crippen MR) is 77.2 cm³/mol. The lowest BCUT2D eigenvalue weighted by molar-refractivity contribution is -0.156. The van der Waals surface area contributed by atoms with Crippen LogP contribution in [0.15, 0.2) is 18.2 Å². The first kappa shape index (κ1) is 15.8. The third-order valence-electron chi connectivity index (χ3n) is 3.35. The highest BCUT2D eigenvalue weighted by atomic mass is 16.6. The van der Waals surface area contributed by atoms with Crippen LogP contribution >= 0.6 is 0 Å². The number of esters is 1. The van der Waals surface area contributed by atoms with E-state index in [-0.39, 0.29) is 6.61 Å². The fourth-order valence-electron chi connectivity index (χ4n) is 2.29. The van der Waals surface area contributed by atoms with Crippen molar-refractivity contribution in [2.45, 2.75) is 32.3 Å². The van der Waals surface area contributed by atoms with Crippen LogP contribution in [0.5, 0.6) is 5.75 Å². The zero-order chi connectivity index (χ0) is 16.1. The second-order valence-electron chi connectivity index (χ2n) is 5.06. The van der Waals surface area contributed by atoms with E-state index >= 15 is 0 Å². The van der Waals surface area contributed by atoms with E-state index in [2.05, 4.69) is 0 Å². The average Bonchev–Trinajstić information content (AvgIpc) is 2.91. The standard InChI is InChI=1S/C15H18N2O5/c1-9(14(19)17-15(16)20)22-13(18)8-21-12-6-5-10-3-2-4-11(10)7-12/h5-7,9H,2-4,8H2,1H3,(H3,16,17,19,20)/t9-/m0/s1. The van der Waals surface area contributed by atoms with Crippen LogP contribution in [0, 0.1) is 0 Å². The normalized spacial score (nSPS) is 13.9. The Morgan fingerprint density at radius 1 is 1.27 bits per heavy atom. The van der Waals surface area contributed by atoms with Crippen molar-refractivity contribution in [3.8, 4) is 5.75 Å². The number of aryl methyl sites for hydroxylation is 2. The second-order valence-corrected chi connectivity index (χ2v) is 5.06. The molecule has 118 valence electrons. The van der Waals surface area contributed by atoms with E-state index in [1.165, 1.54) is 18.1 Å². The average molecular weight is 306 g/mol. The summed E-state index contributed by atoms with van der Waals surface area (Å²) in [5, 5.41) is 1.83. The molecule has 1 aliphatic carbocycles. The number of carbonyl (C=O) groups excluding carboxylic acids is 3. The number of fused-ring (bicyclic) bond motifs is 1. The number of rotatable bonds is 5. The molecule has 0 unspecified atom stereocenters. The van der Waals surface area contributed by atoms with Gasteiger partial charge in [0.1, 0.15) is 5.75 Å². The van der Waals surface area contributed by atoms with Gasteiger partial charge in [0, 0.05) is 0 Å². The van der Waals surface area contributed by atoms with Crippen LogP contribution in [0.3, 0.4) is 0 Å². The Balaban J connectivity index is 1.80. The number of nitrogens with one attached hydrogen (secondary N) is 1. The van der Waals surface area contributed by atoms with Gasteiger partial charge in [0.05, 0.1) is 0 Å². The summed E-state index contributed by atoms with van der Waals surface area (Å²) in [6.45, 7) is 1.03. The molecule has 2 rings (SSSR count). The first-order valence-electron chi connectivity index (χ1n) is 7.00. The number of hydrogen-bond donors (Lipinski definition) is 2. The maximum absolute atomic E-state index is 11.6. The number of primary amides is 1. The molecule has 7 heteroatoms. The van der Waals surface area contributed by atoms with Gasteiger partial charge >= 0.3 is 12.0 Å². The molecule has 0 aliphatic heterocycles. The molecular formula is C15H18N2O5. The van der Waals surface area contributed by atoms with Gasteiger partial charge in [0.2, 0.25) is 0 Å². The van der Waals surface area contributed by atoms with Gasteiger partial charge in [-0.2, -0.15) is 0 Å². The summed E-state index contributed by atoms with van der Waals surface area (Å²) < 4.78 is 10.2. The highest BCUT2D eigenvalue weighted by Crippen LogP contribution is 2.25. The van der Waals surface area contributed by atoms with Gasteiger partial charge in [-0.3, -0.25) is 10.1 Å². The molecule has 0 heterocycles. The van der Waals surface area contributed by atoms with Crippen molar-refractivity contribution in [3.05, 3.63) is 29.3 Å². The van der Waals surface area contributed by atoms with Gasteiger partial charge in [-0.05, 0) is 49.4 Å². The lowest BCUT2D eigenvalue weighted by atomic mass is 10.1. The van der Waals surface area contributed by atoms with Gasteiger partial charge in [-0.15, -0.1) is 0 Å². The minimum Gasteiger partial charge on any atom is -0.482 e. The molecule has 7 nitrogen and oxygen atoms in total. The smallest absolute Gasteiger partial charge is 0.344 e. The van der Waals surface area contributed by atoms with E-state index in [0.717, 1.165) is 19.3 Å². The van der Waals surface area contributed by atoms with Gasteiger partial charge in [-0.25, -0.2) is 9.59 Å². The van der Waals surface area contributed by atoms with Gasteiger partial charge < -0.3 is 15.2 Å². The minimum absolute atomic E-state index is 0.313. The van der Waals surface area contributed by atoms with E-state index in [4.69, 9.17) is 15.2 Å². The number of imide groups is 1. The third kappa shape index (κ3) is 4.21. The molecule has 0 bridgehead atoms. The van der Waals surface area contributed by atoms with Crippen molar-refractivity contribution >= 4 is 17.9 Å². The van der Waals surface area contributed by atoms with Crippen molar-refractivity contribution in [2.24, 2.45) is 5.73 Å². The molecule has 3 amide bonds.